The summed E-state index contributed by atoms with van der Waals surface area (Å²) in [7, 11) is 3.44. The fourth-order valence-corrected chi connectivity index (χ4v) is 5.61. The van der Waals surface area contributed by atoms with Gasteiger partial charge in [-0.05, 0) is 31.2 Å². The Labute approximate surface area is 192 Å². The minimum Gasteiger partial charge on any atom is -0.495 e. The number of aromatic nitrogens is 3. The monoisotopic (exact) mass is 471 g/mol. The Morgan fingerprint density at radius 3 is 2.74 bits per heavy atom. The number of hydrogen-bond acceptors (Lipinski definition) is 9. The first-order valence-corrected chi connectivity index (χ1v) is 12.1. The van der Waals surface area contributed by atoms with Gasteiger partial charge in [0, 0.05) is 7.05 Å². The molecule has 0 saturated carbocycles. The second-order valence-electron chi connectivity index (χ2n) is 6.69. The number of nitrogens with zero attached hydrogens (tertiary/aromatic N) is 4. The minimum atomic E-state index is -0.0947. The van der Waals surface area contributed by atoms with Gasteiger partial charge in [0.25, 0.3) is 0 Å². The molecule has 1 amide bonds. The zero-order valence-corrected chi connectivity index (χ0v) is 19.7. The smallest absolute Gasteiger partial charge is 0.233 e. The Bertz CT molecular complexity index is 1160. The van der Waals surface area contributed by atoms with Gasteiger partial charge in [0.2, 0.25) is 11.0 Å². The summed E-state index contributed by atoms with van der Waals surface area (Å²) in [5, 5.41) is 13.1. The second kappa shape index (κ2) is 9.63. The zero-order valence-electron chi connectivity index (χ0n) is 17.2. The van der Waals surface area contributed by atoms with Crippen LogP contribution in [-0.4, -0.2) is 45.9 Å². The van der Waals surface area contributed by atoms with Crippen molar-refractivity contribution < 1.29 is 9.53 Å². The van der Waals surface area contributed by atoms with E-state index in [0.29, 0.717) is 5.13 Å². The first kappa shape index (κ1) is 21.5. The molecule has 2 aromatic carbocycles. The van der Waals surface area contributed by atoms with Crippen molar-refractivity contribution in [1.82, 2.24) is 20.1 Å². The van der Waals surface area contributed by atoms with Crippen LogP contribution in [-0.2, 0) is 4.79 Å². The average Bonchev–Trinajstić information content (AvgIpc) is 3.43. The Morgan fingerprint density at radius 1 is 1.16 bits per heavy atom. The fourth-order valence-electron chi connectivity index (χ4n) is 2.86. The molecule has 160 valence electrons. The molecule has 0 aliphatic heterocycles. The first-order valence-electron chi connectivity index (χ1n) is 9.52. The number of hydrogen-bond donors (Lipinski definition) is 1. The number of ether oxygens (including phenoxy) is 1. The van der Waals surface area contributed by atoms with Crippen LogP contribution in [0.15, 0.2) is 52.9 Å². The summed E-state index contributed by atoms with van der Waals surface area (Å²) in [6.45, 7) is 2.00. The summed E-state index contributed by atoms with van der Waals surface area (Å²) in [5.74, 6) is 1.04. The van der Waals surface area contributed by atoms with E-state index in [0.717, 1.165) is 31.0 Å². The maximum atomic E-state index is 12.7. The third-order valence-electron chi connectivity index (χ3n) is 4.72. The summed E-state index contributed by atoms with van der Waals surface area (Å²) in [5.41, 5.74) is 1.78. The highest BCUT2D eigenvalue weighted by Gasteiger charge is 2.21. The quantitative estimate of drug-likeness (QED) is 0.353. The predicted molar refractivity (Wildman–Crippen MR) is 128 cm³/mol. The van der Waals surface area contributed by atoms with Gasteiger partial charge in [-0.3, -0.25) is 4.79 Å². The van der Waals surface area contributed by atoms with Crippen molar-refractivity contribution in [1.29, 1.82) is 0 Å². The van der Waals surface area contributed by atoms with Gasteiger partial charge in [0.15, 0.2) is 4.34 Å². The van der Waals surface area contributed by atoms with Gasteiger partial charge in [0.05, 0.1) is 34.8 Å². The first-order chi connectivity index (χ1) is 15.0. The van der Waals surface area contributed by atoms with Crippen LogP contribution < -0.4 is 10.1 Å². The van der Waals surface area contributed by atoms with Gasteiger partial charge < -0.3 is 15.0 Å². The van der Waals surface area contributed by atoms with E-state index in [4.69, 9.17) is 4.74 Å². The van der Waals surface area contributed by atoms with E-state index in [1.54, 1.807) is 23.3 Å². The SMILES string of the molecule is COc1ccccc1Nc1nnc(SCC(=O)N(C)C(C)c2nc3ccccc3s2)s1. The Hall–Kier alpha value is -2.69. The Morgan fingerprint density at radius 2 is 1.94 bits per heavy atom. The number of carbonyl (C=O) groups excluding carboxylic acids is 1. The van der Waals surface area contributed by atoms with Crippen LogP contribution in [0.5, 0.6) is 5.75 Å². The fraction of sp³-hybridized carbons (Fsp3) is 0.238. The van der Waals surface area contributed by atoms with E-state index < -0.39 is 0 Å². The van der Waals surface area contributed by atoms with Crippen LogP contribution in [0.4, 0.5) is 10.8 Å². The van der Waals surface area contributed by atoms with Crippen LogP contribution >= 0.6 is 34.4 Å². The molecule has 0 spiro atoms. The predicted octanol–water partition coefficient (Wildman–Crippen LogP) is 5.21. The number of amides is 1. The van der Waals surface area contributed by atoms with Crippen molar-refractivity contribution >= 4 is 61.4 Å². The van der Waals surface area contributed by atoms with Crippen LogP contribution in [0.1, 0.15) is 18.0 Å². The van der Waals surface area contributed by atoms with Crippen molar-refractivity contribution in [2.24, 2.45) is 0 Å². The molecule has 1 N–H and O–H groups in total. The van der Waals surface area contributed by atoms with Crippen LogP contribution in [0.25, 0.3) is 10.2 Å². The van der Waals surface area contributed by atoms with E-state index >= 15 is 0 Å². The Balaban J connectivity index is 1.35. The summed E-state index contributed by atoms with van der Waals surface area (Å²) in [6, 6.07) is 15.5. The Kier molecular flexibility index (Phi) is 6.69. The molecular weight excluding hydrogens is 450 g/mol. The number of benzene rings is 2. The van der Waals surface area contributed by atoms with E-state index in [-0.39, 0.29) is 17.7 Å². The number of nitrogens with one attached hydrogen (secondary N) is 1. The van der Waals surface area contributed by atoms with Crippen molar-refractivity contribution in [3.8, 4) is 5.75 Å². The molecule has 0 aliphatic carbocycles. The molecule has 7 nitrogen and oxygen atoms in total. The lowest BCUT2D eigenvalue weighted by Crippen LogP contribution is -2.31. The van der Waals surface area contributed by atoms with Gasteiger partial charge >= 0.3 is 0 Å². The summed E-state index contributed by atoms with van der Waals surface area (Å²) < 4.78 is 7.20. The summed E-state index contributed by atoms with van der Waals surface area (Å²) >= 11 is 4.40. The van der Waals surface area contributed by atoms with Crippen LogP contribution in [0, 0.1) is 0 Å². The number of fused-ring (bicyclic) bond motifs is 1. The highest BCUT2D eigenvalue weighted by Crippen LogP contribution is 2.32. The highest BCUT2D eigenvalue weighted by molar-refractivity contribution is 8.01. The molecule has 2 heterocycles. The third kappa shape index (κ3) is 4.97. The third-order valence-corrected chi connectivity index (χ3v) is 7.88. The lowest BCUT2D eigenvalue weighted by Gasteiger charge is -2.22. The number of methoxy groups -OCH3 is 1. The molecule has 0 saturated heterocycles. The molecule has 2 aromatic heterocycles. The standard InChI is InChI=1S/C21H21N5O2S3/c1-13(19-22-15-9-5-7-11-17(15)30-19)26(2)18(27)12-29-21-25-24-20(31-21)23-14-8-4-6-10-16(14)28-3/h4-11,13H,12H2,1-3H3,(H,23,24). The molecule has 0 aliphatic rings. The van der Waals surface area contributed by atoms with Gasteiger partial charge in [-0.1, -0.05) is 47.4 Å². The topological polar surface area (TPSA) is 80.2 Å². The van der Waals surface area contributed by atoms with Crippen molar-refractivity contribution in [3.63, 3.8) is 0 Å². The lowest BCUT2D eigenvalue weighted by molar-refractivity contribution is -0.128. The molecule has 0 fully saturated rings. The van der Waals surface area contributed by atoms with Crippen molar-refractivity contribution in [3.05, 3.63) is 53.5 Å². The van der Waals surface area contributed by atoms with E-state index in [2.05, 4.69) is 20.5 Å². The second-order valence-corrected chi connectivity index (χ2v) is 9.95. The molecule has 1 atom stereocenters. The molecule has 0 radical (unpaired) electrons. The minimum absolute atomic E-state index is 0.0196. The number of rotatable bonds is 8. The molecule has 31 heavy (non-hydrogen) atoms. The molecule has 4 rings (SSSR count). The molecule has 4 aromatic rings. The average molecular weight is 472 g/mol. The summed E-state index contributed by atoms with van der Waals surface area (Å²) in [6.07, 6.45) is 0. The van der Waals surface area contributed by atoms with Crippen molar-refractivity contribution in [2.45, 2.75) is 17.3 Å². The van der Waals surface area contributed by atoms with Gasteiger partial charge in [-0.2, -0.15) is 0 Å². The normalized spacial score (nSPS) is 12.0. The number of anilines is 2. The largest absolute Gasteiger partial charge is 0.495 e. The summed E-state index contributed by atoms with van der Waals surface area (Å²) in [4.78, 5) is 19.1. The molecule has 1 unspecified atom stereocenters. The zero-order chi connectivity index (χ0) is 21.8. The number of thioether (sulfide) groups is 1. The number of para-hydroxylation sites is 3. The lowest BCUT2D eigenvalue weighted by atomic mass is 10.3. The highest BCUT2D eigenvalue weighted by atomic mass is 32.2. The van der Waals surface area contributed by atoms with E-state index in [9.17, 15) is 4.79 Å². The van der Waals surface area contributed by atoms with Crippen molar-refractivity contribution in [2.75, 3.05) is 25.2 Å². The molecular formula is C21H21N5O2S3. The molecule has 0 bridgehead atoms. The number of carbonyl (C=O) groups is 1. The molecule has 10 heteroatoms. The maximum Gasteiger partial charge on any atom is 0.233 e. The van der Waals surface area contributed by atoms with E-state index in [1.807, 2.05) is 62.5 Å². The van der Waals surface area contributed by atoms with Crippen LogP contribution in [0.3, 0.4) is 0 Å². The maximum absolute atomic E-state index is 12.7. The van der Waals surface area contributed by atoms with Gasteiger partial charge in [-0.15, -0.1) is 21.5 Å². The number of thiazole rings is 1. The van der Waals surface area contributed by atoms with E-state index in [1.165, 1.54) is 23.1 Å². The van der Waals surface area contributed by atoms with Gasteiger partial charge in [0.1, 0.15) is 10.8 Å². The van der Waals surface area contributed by atoms with Gasteiger partial charge in [-0.25, -0.2) is 4.98 Å². The van der Waals surface area contributed by atoms with Crippen LogP contribution in [0.2, 0.25) is 0 Å².